The Labute approximate surface area is 227 Å². The third-order valence-corrected chi connectivity index (χ3v) is 17.0. The minimum atomic E-state index is -2.56. The number of nitrogens with one attached hydrogen (secondary N) is 1. The van der Waals surface area contributed by atoms with E-state index in [2.05, 4.69) is 59.6 Å². The van der Waals surface area contributed by atoms with Crippen LogP contribution in [0.25, 0.3) is 0 Å². The molecule has 2 rings (SSSR count). The fraction of sp³-hybridized carbons (Fsp3) is 0.731. The Morgan fingerprint density at radius 3 is 2.21 bits per heavy atom. The SMILES string of the molecule is CCOC(=O)/C=C/[C@@]1(O)[C@@H](CO[Si](C)(C)C(C)(C)C)O[C@@H](n2ccc(=O)[nH]c2=O)[C@@H]1O[Si](C)(C)C(C)(C)C. The van der Waals surface area contributed by atoms with E-state index in [0.717, 1.165) is 6.08 Å². The highest BCUT2D eigenvalue weighted by atomic mass is 28.4. The van der Waals surface area contributed by atoms with Gasteiger partial charge in [-0.15, -0.1) is 0 Å². The molecule has 1 saturated heterocycles. The van der Waals surface area contributed by atoms with Crippen molar-refractivity contribution in [1.29, 1.82) is 0 Å². The van der Waals surface area contributed by atoms with Gasteiger partial charge in [-0.25, -0.2) is 9.59 Å². The first kappa shape index (κ1) is 32.4. The van der Waals surface area contributed by atoms with Crippen molar-refractivity contribution in [1.82, 2.24) is 9.55 Å². The van der Waals surface area contributed by atoms with Gasteiger partial charge in [0, 0.05) is 18.3 Å². The number of aromatic nitrogens is 2. The number of aromatic amines is 1. The number of ether oxygens (including phenoxy) is 2. The number of hydrogen-bond acceptors (Lipinski definition) is 8. The van der Waals surface area contributed by atoms with Crippen molar-refractivity contribution in [3.63, 3.8) is 0 Å². The van der Waals surface area contributed by atoms with Gasteiger partial charge in [0.05, 0.1) is 13.2 Å². The Kier molecular flexibility index (Phi) is 9.66. The largest absolute Gasteiger partial charge is 0.463 e. The van der Waals surface area contributed by atoms with Crippen LogP contribution in [0.2, 0.25) is 36.3 Å². The van der Waals surface area contributed by atoms with Gasteiger partial charge < -0.3 is 23.4 Å². The van der Waals surface area contributed by atoms with Crippen molar-refractivity contribution in [2.24, 2.45) is 0 Å². The molecule has 0 aromatic carbocycles. The standard InChI is InChI=1S/C26H46N2O8Si2/c1-12-33-20(30)13-15-26(32)18(17-34-37(8,9)24(2,3)4)35-22(28-16-14-19(29)27-23(28)31)21(26)36-38(10,11)25(5,6)7/h13-16,18,21-22,32H,12,17H2,1-11H3,(H,27,29,31)/b15-13+/t18-,21+,22-,26-/m1/s1. The van der Waals surface area contributed by atoms with Crippen LogP contribution >= 0.6 is 0 Å². The Morgan fingerprint density at radius 1 is 1.13 bits per heavy atom. The topological polar surface area (TPSA) is 129 Å². The van der Waals surface area contributed by atoms with E-state index >= 15 is 0 Å². The van der Waals surface area contributed by atoms with Crippen molar-refractivity contribution >= 4 is 22.6 Å². The summed E-state index contributed by atoms with van der Waals surface area (Å²) in [7, 11) is -4.83. The number of aliphatic hydroxyl groups is 1. The summed E-state index contributed by atoms with van der Waals surface area (Å²) in [5.74, 6) is -0.624. The van der Waals surface area contributed by atoms with Crippen LogP contribution in [0, 0.1) is 0 Å². The summed E-state index contributed by atoms with van der Waals surface area (Å²) in [6.07, 6.45) is 0.635. The Morgan fingerprint density at radius 2 is 1.71 bits per heavy atom. The average Bonchev–Trinajstić information content (AvgIpc) is 3.01. The first-order chi connectivity index (χ1) is 17.2. The third-order valence-electron chi connectivity index (χ3n) is 8.06. The van der Waals surface area contributed by atoms with Crippen molar-refractivity contribution in [3.05, 3.63) is 45.3 Å². The number of carbonyl (C=O) groups excluding carboxylic acids is 1. The van der Waals surface area contributed by atoms with Crippen LogP contribution < -0.4 is 11.2 Å². The van der Waals surface area contributed by atoms with Crippen molar-refractivity contribution in [2.75, 3.05) is 13.2 Å². The molecule has 1 aliphatic rings. The minimum absolute atomic E-state index is 0.00607. The number of hydrogen-bond donors (Lipinski definition) is 2. The van der Waals surface area contributed by atoms with E-state index in [1.165, 1.54) is 22.9 Å². The second-order valence-corrected chi connectivity index (χ2v) is 22.4. The lowest BCUT2D eigenvalue weighted by Gasteiger charge is -2.43. The summed E-state index contributed by atoms with van der Waals surface area (Å²) < 4.78 is 25.7. The van der Waals surface area contributed by atoms with E-state index in [9.17, 15) is 19.5 Å². The molecule has 0 unspecified atom stereocenters. The maximum Gasteiger partial charge on any atom is 0.330 e. The molecule has 0 radical (unpaired) electrons. The fourth-order valence-electron chi connectivity index (χ4n) is 3.51. The molecule has 0 amide bonds. The van der Waals surface area contributed by atoms with E-state index in [-0.39, 0.29) is 23.3 Å². The second kappa shape index (κ2) is 11.3. The molecule has 1 aromatic rings. The second-order valence-electron chi connectivity index (χ2n) is 12.9. The van der Waals surface area contributed by atoms with Crippen LogP contribution in [0.1, 0.15) is 54.7 Å². The van der Waals surface area contributed by atoms with Crippen molar-refractivity contribution in [3.8, 4) is 0 Å². The number of carbonyl (C=O) groups is 1. The molecule has 12 heteroatoms. The quantitative estimate of drug-likeness (QED) is 0.261. The molecule has 2 heterocycles. The molecule has 1 aliphatic heterocycles. The van der Waals surface area contributed by atoms with Gasteiger partial charge in [0.25, 0.3) is 5.56 Å². The van der Waals surface area contributed by atoms with Gasteiger partial charge in [-0.05, 0) is 49.3 Å². The molecule has 10 nitrogen and oxygen atoms in total. The molecule has 1 aromatic heterocycles. The summed E-state index contributed by atoms with van der Waals surface area (Å²) in [6.45, 7) is 22.6. The highest BCUT2D eigenvalue weighted by Gasteiger charge is 2.59. The highest BCUT2D eigenvalue weighted by molar-refractivity contribution is 6.74. The van der Waals surface area contributed by atoms with E-state index in [1.54, 1.807) is 6.92 Å². The first-order valence-corrected chi connectivity index (χ1v) is 18.8. The Bertz CT molecular complexity index is 1130. The molecule has 216 valence electrons. The van der Waals surface area contributed by atoms with Gasteiger partial charge in [-0.3, -0.25) is 14.3 Å². The normalized spacial score (nSPS) is 25.2. The van der Waals surface area contributed by atoms with Crippen LogP contribution in [-0.4, -0.2) is 68.3 Å². The lowest BCUT2D eigenvalue weighted by atomic mass is 9.91. The predicted molar refractivity (Wildman–Crippen MR) is 151 cm³/mol. The lowest BCUT2D eigenvalue weighted by Crippen LogP contribution is -2.56. The third kappa shape index (κ3) is 7.02. The summed E-state index contributed by atoms with van der Waals surface area (Å²) in [4.78, 5) is 39.1. The van der Waals surface area contributed by atoms with Crippen LogP contribution in [0.5, 0.6) is 0 Å². The molecule has 0 saturated carbocycles. The van der Waals surface area contributed by atoms with E-state index < -0.39 is 57.9 Å². The van der Waals surface area contributed by atoms with E-state index in [0.29, 0.717) is 0 Å². The maximum absolute atomic E-state index is 12.8. The molecule has 1 fully saturated rings. The molecule has 38 heavy (non-hydrogen) atoms. The maximum atomic E-state index is 12.8. The van der Waals surface area contributed by atoms with Gasteiger partial charge in [0.1, 0.15) is 17.8 Å². The van der Waals surface area contributed by atoms with Gasteiger partial charge in [0.2, 0.25) is 0 Å². The molecule has 0 spiro atoms. The summed E-state index contributed by atoms with van der Waals surface area (Å²) in [5, 5.41) is 11.9. The highest BCUT2D eigenvalue weighted by Crippen LogP contribution is 2.46. The van der Waals surface area contributed by atoms with Gasteiger partial charge >= 0.3 is 11.7 Å². The van der Waals surface area contributed by atoms with Gasteiger partial charge in [0.15, 0.2) is 22.9 Å². The lowest BCUT2D eigenvalue weighted by molar-refractivity contribution is -0.137. The number of rotatable bonds is 9. The van der Waals surface area contributed by atoms with E-state index in [1.807, 2.05) is 13.1 Å². The molecule has 2 N–H and O–H groups in total. The zero-order chi connectivity index (χ0) is 29.3. The molecular formula is C26H46N2O8Si2. The summed E-state index contributed by atoms with van der Waals surface area (Å²) >= 11 is 0. The number of nitrogens with zero attached hydrogens (tertiary/aromatic N) is 1. The molecule has 4 atom stereocenters. The zero-order valence-corrected chi connectivity index (χ0v) is 26.7. The summed E-state index contributed by atoms with van der Waals surface area (Å²) in [6, 6.07) is 1.21. The van der Waals surface area contributed by atoms with Crippen molar-refractivity contribution in [2.45, 2.75) is 109 Å². The average molecular weight is 571 g/mol. The minimum Gasteiger partial charge on any atom is -0.463 e. The fourth-order valence-corrected chi connectivity index (χ4v) is 5.81. The smallest absolute Gasteiger partial charge is 0.330 e. The number of esters is 1. The molecule has 0 aliphatic carbocycles. The number of H-pyrrole nitrogens is 1. The van der Waals surface area contributed by atoms with Gasteiger partial charge in [-0.2, -0.15) is 0 Å². The van der Waals surface area contributed by atoms with Crippen LogP contribution in [0.4, 0.5) is 0 Å². The van der Waals surface area contributed by atoms with Crippen LogP contribution in [0.15, 0.2) is 34.0 Å². The van der Waals surface area contributed by atoms with Crippen molar-refractivity contribution < 1.29 is 28.2 Å². The van der Waals surface area contributed by atoms with E-state index in [4.69, 9.17) is 18.3 Å². The molecular weight excluding hydrogens is 524 g/mol. The van der Waals surface area contributed by atoms with Crippen LogP contribution in [0.3, 0.4) is 0 Å². The zero-order valence-electron chi connectivity index (χ0n) is 24.7. The molecule has 0 bridgehead atoms. The first-order valence-electron chi connectivity index (χ1n) is 13.0. The monoisotopic (exact) mass is 570 g/mol. The van der Waals surface area contributed by atoms with Gasteiger partial charge in [-0.1, -0.05) is 41.5 Å². The van der Waals surface area contributed by atoms with Crippen LogP contribution in [-0.2, 0) is 23.1 Å². The Hall–Kier alpha value is -1.84. The summed E-state index contributed by atoms with van der Waals surface area (Å²) in [5.41, 5.74) is -3.11. The predicted octanol–water partition coefficient (Wildman–Crippen LogP) is 3.70. The Balaban J connectivity index is 2.68.